The minimum Gasteiger partial charge on any atom is -0.367 e. The Morgan fingerprint density at radius 1 is 1.00 bits per heavy atom. The summed E-state index contributed by atoms with van der Waals surface area (Å²) in [5.41, 5.74) is 7.10. The molecule has 0 atom stereocenters. The molecule has 2 aliphatic rings. The SMILES string of the molecule is CN1CCN(c2ccnc3nc(-c4n[nH]c5ccc(-c6cncc(CN7CCC(F)(F)C7)c6)cc45)[nH]c23)CC1. The summed E-state index contributed by atoms with van der Waals surface area (Å²) in [4.78, 5) is 23.7. The largest absolute Gasteiger partial charge is 0.367 e. The third-order valence-electron chi connectivity index (χ3n) is 7.78. The van der Waals surface area contributed by atoms with Gasteiger partial charge in [-0.25, -0.2) is 18.7 Å². The van der Waals surface area contributed by atoms with Crippen molar-refractivity contribution in [2.75, 3.05) is 51.2 Å². The van der Waals surface area contributed by atoms with Crippen LogP contribution < -0.4 is 4.90 Å². The Balaban J connectivity index is 1.21. The van der Waals surface area contributed by atoms with Crippen LogP contribution >= 0.6 is 0 Å². The van der Waals surface area contributed by atoms with Crippen LogP contribution in [0.3, 0.4) is 0 Å². The fourth-order valence-electron chi connectivity index (χ4n) is 5.63. The number of rotatable bonds is 5. The number of benzene rings is 1. The van der Waals surface area contributed by atoms with Gasteiger partial charge >= 0.3 is 0 Å². The highest BCUT2D eigenvalue weighted by Gasteiger charge is 2.37. The molecule has 200 valence electrons. The monoisotopic (exact) mass is 529 g/mol. The van der Waals surface area contributed by atoms with E-state index in [9.17, 15) is 8.78 Å². The van der Waals surface area contributed by atoms with E-state index in [0.717, 1.165) is 70.7 Å². The molecule has 2 saturated heterocycles. The number of aromatic nitrogens is 6. The van der Waals surface area contributed by atoms with Crippen LogP contribution in [0.5, 0.6) is 0 Å². The Kier molecular flexibility index (Phi) is 5.78. The van der Waals surface area contributed by atoms with Crippen molar-refractivity contribution in [3.63, 3.8) is 0 Å². The molecular weight excluding hydrogens is 500 g/mol. The molecule has 0 spiro atoms. The van der Waals surface area contributed by atoms with Crippen molar-refractivity contribution in [3.8, 4) is 22.6 Å². The van der Waals surface area contributed by atoms with Gasteiger partial charge in [-0.3, -0.25) is 15.0 Å². The standard InChI is InChI=1S/C28H29F2N9/c1-37-8-10-39(11-9-37)23-4-6-32-26-25(23)33-27(34-26)24-21-13-19(2-3-22(21)35-36-24)20-12-18(14-31-15-20)16-38-7-5-28(29,30)17-38/h2-4,6,12-15H,5,7-11,16-17H2,1H3,(H,35,36)(H,32,33,34). The van der Waals surface area contributed by atoms with Gasteiger partial charge in [-0.2, -0.15) is 5.10 Å². The van der Waals surface area contributed by atoms with Gasteiger partial charge in [0, 0.05) is 75.2 Å². The van der Waals surface area contributed by atoms with E-state index in [2.05, 4.69) is 48.1 Å². The summed E-state index contributed by atoms with van der Waals surface area (Å²) in [7, 11) is 2.14. The molecule has 0 radical (unpaired) electrons. The number of hydrogen-bond acceptors (Lipinski definition) is 7. The number of pyridine rings is 2. The third-order valence-corrected chi connectivity index (χ3v) is 7.78. The number of halogens is 2. The average Bonchev–Trinajstić information content (AvgIpc) is 3.64. The highest BCUT2D eigenvalue weighted by molar-refractivity contribution is 5.96. The zero-order valence-electron chi connectivity index (χ0n) is 21.7. The van der Waals surface area contributed by atoms with Gasteiger partial charge in [0.2, 0.25) is 0 Å². The van der Waals surface area contributed by atoms with Crippen LogP contribution in [0.4, 0.5) is 14.5 Å². The van der Waals surface area contributed by atoms with Crippen LogP contribution in [0, 0.1) is 0 Å². The van der Waals surface area contributed by atoms with Crippen molar-refractivity contribution >= 4 is 27.8 Å². The van der Waals surface area contributed by atoms with Gasteiger partial charge in [0.25, 0.3) is 5.92 Å². The molecule has 0 amide bonds. The van der Waals surface area contributed by atoms with E-state index in [4.69, 9.17) is 4.98 Å². The lowest BCUT2D eigenvalue weighted by atomic mass is 10.0. The molecule has 39 heavy (non-hydrogen) atoms. The Bertz CT molecular complexity index is 1650. The molecule has 4 aromatic heterocycles. The first kappa shape index (κ1) is 24.1. The molecule has 0 saturated carbocycles. The van der Waals surface area contributed by atoms with Gasteiger partial charge < -0.3 is 14.8 Å². The summed E-state index contributed by atoms with van der Waals surface area (Å²) in [5, 5.41) is 8.64. The summed E-state index contributed by atoms with van der Waals surface area (Å²) >= 11 is 0. The Labute approximate surface area is 223 Å². The molecule has 9 nitrogen and oxygen atoms in total. The minimum atomic E-state index is -2.61. The van der Waals surface area contributed by atoms with E-state index in [-0.39, 0.29) is 13.0 Å². The quantitative estimate of drug-likeness (QED) is 0.353. The second-order valence-electron chi connectivity index (χ2n) is 10.6. The molecule has 11 heteroatoms. The Morgan fingerprint density at radius 2 is 1.87 bits per heavy atom. The molecule has 0 bridgehead atoms. The van der Waals surface area contributed by atoms with Crippen LogP contribution in [0.15, 0.2) is 48.9 Å². The highest BCUT2D eigenvalue weighted by atomic mass is 19.3. The van der Waals surface area contributed by atoms with Gasteiger partial charge in [-0.05, 0) is 42.4 Å². The van der Waals surface area contributed by atoms with Gasteiger partial charge in [-0.15, -0.1) is 0 Å². The van der Waals surface area contributed by atoms with E-state index in [0.29, 0.717) is 24.6 Å². The van der Waals surface area contributed by atoms with Crippen molar-refractivity contribution in [1.82, 2.24) is 39.9 Å². The van der Waals surface area contributed by atoms with Crippen LogP contribution in [0.2, 0.25) is 0 Å². The highest BCUT2D eigenvalue weighted by Crippen LogP contribution is 2.33. The van der Waals surface area contributed by atoms with Gasteiger partial charge in [0.1, 0.15) is 11.2 Å². The molecule has 6 heterocycles. The molecule has 0 aliphatic carbocycles. The molecule has 2 aliphatic heterocycles. The van der Waals surface area contributed by atoms with Gasteiger partial charge in [0.05, 0.1) is 17.7 Å². The summed E-state index contributed by atoms with van der Waals surface area (Å²) in [6.07, 6.45) is 5.27. The lowest BCUT2D eigenvalue weighted by Crippen LogP contribution is -2.44. The fourth-order valence-corrected chi connectivity index (χ4v) is 5.63. The number of H-pyrrole nitrogens is 2. The van der Waals surface area contributed by atoms with Crippen LogP contribution in [-0.4, -0.2) is 92.2 Å². The number of imidazole rings is 1. The molecular formula is C28H29F2N9. The number of fused-ring (bicyclic) bond motifs is 2. The van der Waals surface area contributed by atoms with Crippen LogP contribution in [0.25, 0.3) is 44.7 Å². The predicted molar refractivity (Wildman–Crippen MR) is 147 cm³/mol. The van der Waals surface area contributed by atoms with Gasteiger partial charge in [-0.1, -0.05) is 6.07 Å². The lowest BCUT2D eigenvalue weighted by molar-refractivity contribution is 0.0115. The summed E-state index contributed by atoms with van der Waals surface area (Å²) in [6, 6.07) is 10.1. The number of piperazine rings is 1. The fraction of sp³-hybridized carbons (Fsp3) is 0.357. The zero-order valence-corrected chi connectivity index (χ0v) is 21.7. The number of likely N-dealkylation sites (tertiary alicyclic amines) is 1. The predicted octanol–water partition coefficient (Wildman–Crippen LogP) is 4.16. The van der Waals surface area contributed by atoms with E-state index < -0.39 is 5.92 Å². The maximum absolute atomic E-state index is 13.7. The number of nitrogens with one attached hydrogen (secondary N) is 2. The Morgan fingerprint density at radius 3 is 2.69 bits per heavy atom. The first-order valence-electron chi connectivity index (χ1n) is 13.2. The maximum atomic E-state index is 13.7. The number of nitrogens with zero attached hydrogens (tertiary/aromatic N) is 7. The molecule has 7 rings (SSSR count). The maximum Gasteiger partial charge on any atom is 0.261 e. The molecule has 2 fully saturated rings. The van der Waals surface area contributed by atoms with E-state index in [1.54, 1.807) is 17.3 Å². The first-order chi connectivity index (χ1) is 18.9. The summed E-state index contributed by atoms with van der Waals surface area (Å²) in [5.74, 6) is -1.95. The zero-order chi connectivity index (χ0) is 26.6. The molecule has 1 aromatic carbocycles. The van der Waals surface area contributed by atoms with E-state index >= 15 is 0 Å². The number of hydrogen-bond donors (Lipinski definition) is 2. The summed E-state index contributed by atoms with van der Waals surface area (Å²) < 4.78 is 27.3. The molecule has 0 unspecified atom stereocenters. The number of likely N-dealkylation sites (N-methyl/N-ethyl adjacent to an activating group) is 1. The van der Waals surface area contributed by atoms with E-state index in [1.807, 2.05) is 30.5 Å². The number of anilines is 1. The first-order valence-corrected chi connectivity index (χ1v) is 13.2. The smallest absolute Gasteiger partial charge is 0.261 e. The van der Waals surface area contributed by atoms with Crippen LogP contribution in [0.1, 0.15) is 12.0 Å². The number of alkyl halides is 2. The van der Waals surface area contributed by atoms with Crippen molar-refractivity contribution in [2.45, 2.75) is 18.9 Å². The second-order valence-corrected chi connectivity index (χ2v) is 10.6. The third kappa shape index (κ3) is 4.61. The van der Waals surface area contributed by atoms with Gasteiger partial charge in [0.15, 0.2) is 11.5 Å². The van der Waals surface area contributed by atoms with Crippen molar-refractivity contribution in [2.24, 2.45) is 0 Å². The lowest BCUT2D eigenvalue weighted by Gasteiger charge is -2.34. The van der Waals surface area contributed by atoms with Crippen molar-refractivity contribution in [1.29, 1.82) is 0 Å². The average molecular weight is 530 g/mol. The van der Waals surface area contributed by atoms with Crippen molar-refractivity contribution in [3.05, 3.63) is 54.5 Å². The molecule has 2 N–H and O–H groups in total. The normalized spacial score (nSPS) is 18.5. The van der Waals surface area contributed by atoms with E-state index in [1.165, 1.54) is 0 Å². The molecule has 5 aromatic rings. The topological polar surface area (TPSA) is 92.9 Å². The Hall–Kier alpha value is -3.96. The second kappa shape index (κ2) is 9.35. The minimum absolute atomic E-state index is 0.0891. The van der Waals surface area contributed by atoms with Crippen LogP contribution in [-0.2, 0) is 6.54 Å². The van der Waals surface area contributed by atoms with Crippen molar-refractivity contribution < 1.29 is 8.78 Å². The number of aromatic amines is 2. The summed E-state index contributed by atoms with van der Waals surface area (Å²) in [6.45, 7) is 4.57.